The lowest BCUT2D eigenvalue weighted by atomic mass is 10.1. The molecule has 94 valence electrons. The number of esters is 1. The second-order valence-electron chi connectivity index (χ2n) is 5.14. The summed E-state index contributed by atoms with van der Waals surface area (Å²) in [7, 11) is 0. The third-order valence-electron chi connectivity index (χ3n) is 2.25. The second-order valence-corrected chi connectivity index (χ2v) is 5.14. The van der Waals surface area contributed by atoms with Crippen LogP contribution < -0.4 is 0 Å². The van der Waals surface area contributed by atoms with Crippen molar-refractivity contribution in [3.05, 3.63) is 0 Å². The molecule has 0 aromatic carbocycles. The molecule has 0 bridgehead atoms. The molecule has 0 aliphatic carbocycles. The lowest BCUT2D eigenvalue weighted by molar-refractivity contribution is -0.156. The van der Waals surface area contributed by atoms with Gasteiger partial charge in [0.15, 0.2) is 0 Å². The first-order valence-electron chi connectivity index (χ1n) is 5.85. The van der Waals surface area contributed by atoms with E-state index in [9.17, 15) is 4.79 Å². The highest BCUT2D eigenvalue weighted by atomic mass is 16.6. The molecule has 4 heteroatoms. The molecule has 16 heavy (non-hydrogen) atoms. The largest absolute Gasteiger partial charge is 0.460 e. The Kier molecular flexibility index (Phi) is 5.22. The fourth-order valence-corrected chi connectivity index (χ4v) is 1.51. The van der Waals surface area contributed by atoms with E-state index in [4.69, 9.17) is 14.2 Å². The maximum atomic E-state index is 11.3. The number of hydrogen-bond acceptors (Lipinski definition) is 4. The molecule has 0 radical (unpaired) electrons. The van der Waals surface area contributed by atoms with Crippen LogP contribution in [0.5, 0.6) is 0 Å². The van der Waals surface area contributed by atoms with Crippen molar-refractivity contribution in [1.82, 2.24) is 0 Å². The van der Waals surface area contributed by atoms with E-state index in [1.54, 1.807) is 0 Å². The van der Waals surface area contributed by atoms with Crippen molar-refractivity contribution in [3.63, 3.8) is 0 Å². The van der Waals surface area contributed by atoms with Crippen LogP contribution in [-0.2, 0) is 19.0 Å². The Labute approximate surface area is 97.2 Å². The van der Waals surface area contributed by atoms with Crippen molar-refractivity contribution in [2.24, 2.45) is 5.92 Å². The van der Waals surface area contributed by atoms with Gasteiger partial charge in [-0.05, 0) is 27.2 Å². The van der Waals surface area contributed by atoms with E-state index >= 15 is 0 Å². The lowest BCUT2D eigenvalue weighted by Gasteiger charge is -2.19. The molecule has 0 N–H and O–H groups in total. The summed E-state index contributed by atoms with van der Waals surface area (Å²) in [6, 6.07) is 0. The number of rotatable bonds is 5. The quantitative estimate of drug-likeness (QED) is 0.533. The molecule has 0 spiro atoms. The van der Waals surface area contributed by atoms with Gasteiger partial charge in [-0.2, -0.15) is 0 Å². The molecule has 1 atom stereocenters. The van der Waals surface area contributed by atoms with Crippen LogP contribution in [0.3, 0.4) is 0 Å². The molecule has 0 saturated carbocycles. The summed E-state index contributed by atoms with van der Waals surface area (Å²) in [6.45, 7) is 8.33. The fraction of sp³-hybridized carbons (Fsp3) is 0.917. The predicted octanol–water partition coefficient (Wildman–Crippen LogP) is 1.77. The fourth-order valence-electron chi connectivity index (χ4n) is 1.51. The third kappa shape index (κ3) is 6.08. The second kappa shape index (κ2) is 6.21. The maximum Gasteiger partial charge on any atom is 0.308 e. The van der Waals surface area contributed by atoms with E-state index < -0.39 is 5.60 Å². The molecule has 1 heterocycles. The molecule has 0 aromatic heterocycles. The van der Waals surface area contributed by atoms with Gasteiger partial charge in [-0.3, -0.25) is 4.79 Å². The van der Waals surface area contributed by atoms with Gasteiger partial charge in [-0.25, -0.2) is 0 Å². The van der Waals surface area contributed by atoms with Crippen molar-refractivity contribution in [1.29, 1.82) is 0 Å². The number of hydrogen-bond donors (Lipinski definition) is 0. The van der Waals surface area contributed by atoms with Crippen LogP contribution >= 0.6 is 0 Å². The van der Waals surface area contributed by atoms with Gasteiger partial charge >= 0.3 is 5.97 Å². The first-order chi connectivity index (χ1) is 7.47. The molecule has 0 amide bonds. The van der Waals surface area contributed by atoms with Crippen molar-refractivity contribution < 1.29 is 19.0 Å². The minimum atomic E-state index is -0.406. The first-order valence-corrected chi connectivity index (χ1v) is 5.85. The molecule has 1 rings (SSSR count). The summed E-state index contributed by atoms with van der Waals surface area (Å²) < 4.78 is 15.8. The van der Waals surface area contributed by atoms with Crippen LogP contribution in [0.15, 0.2) is 0 Å². The topological polar surface area (TPSA) is 44.8 Å². The van der Waals surface area contributed by atoms with Crippen LogP contribution in [0.1, 0.15) is 33.6 Å². The summed E-state index contributed by atoms with van der Waals surface area (Å²) in [5.41, 5.74) is -0.406. The summed E-state index contributed by atoms with van der Waals surface area (Å²) >= 11 is 0. The summed E-state index contributed by atoms with van der Waals surface area (Å²) in [4.78, 5) is 11.3. The van der Waals surface area contributed by atoms with Crippen LogP contribution in [0.2, 0.25) is 0 Å². The molecular formula is C12H22O4. The minimum absolute atomic E-state index is 0.199. The Morgan fingerprint density at radius 1 is 1.44 bits per heavy atom. The minimum Gasteiger partial charge on any atom is -0.460 e. The van der Waals surface area contributed by atoms with Gasteiger partial charge in [0.05, 0.1) is 26.2 Å². The SMILES string of the molecule is CC(C)(C)OC(=O)CCOCC1CCOC1. The number of carbonyl (C=O) groups excluding carboxylic acids is 1. The summed E-state index contributed by atoms with van der Waals surface area (Å²) in [6.07, 6.45) is 1.39. The molecule has 1 unspecified atom stereocenters. The zero-order valence-electron chi connectivity index (χ0n) is 10.5. The average molecular weight is 230 g/mol. The van der Waals surface area contributed by atoms with E-state index in [1.807, 2.05) is 20.8 Å². The lowest BCUT2D eigenvalue weighted by Crippen LogP contribution is -2.24. The summed E-state index contributed by atoms with van der Waals surface area (Å²) in [5.74, 6) is 0.300. The van der Waals surface area contributed by atoms with Crippen LogP contribution in [0.4, 0.5) is 0 Å². The van der Waals surface area contributed by atoms with Crippen LogP contribution in [0, 0.1) is 5.92 Å². The standard InChI is InChI=1S/C12H22O4/c1-12(2,3)16-11(13)5-7-15-9-10-4-6-14-8-10/h10H,4-9H2,1-3H3. The van der Waals surface area contributed by atoms with E-state index in [2.05, 4.69) is 0 Å². The smallest absolute Gasteiger partial charge is 0.308 e. The molecule has 4 nitrogen and oxygen atoms in total. The van der Waals surface area contributed by atoms with Crippen LogP contribution in [-0.4, -0.2) is 38.0 Å². The van der Waals surface area contributed by atoms with Gasteiger partial charge in [-0.1, -0.05) is 0 Å². The Morgan fingerprint density at radius 3 is 2.75 bits per heavy atom. The van der Waals surface area contributed by atoms with Gasteiger partial charge in [-0.15, -0.1) is 0 Å². The molecule has 1 aliphatic rings. The average Bonchev–Trinajstić information content (AvgIpc) is 2.62. The highest BCUT2D eigenvalue weighted by Crippen LogP contribution is 2.12. The molecule has 1 saturated heterocycles. The van der Waals surface area contributed by atoms with Gasteiger partial charge in [0.2, 0.25) is 0 Å². The van der Waals surface area contributed by atoms with Crippen LogP contribution in [0.25, 0.3) is 0 Å². The third-order valence-corrected chi connectivity index (χ3v) is 2.25. The Hall–Kier alpha value is -0.610. The molecular weight excluding hydrogens is 208 g/mol. The molecule has 1 aliphatic heterocycles. The van der Waals surface area contributed by atoms with Crippen molar-refractivity contribution in [3.8, 4) is 0 Å². The normalized spacial score (nSPS) is 21.1. The van der Waals surface area contributed by atoms with Crippen molar-refractivity contribution >= 4 is 5.97 Å². The van der Waals surface area contributed by atoms with E-state index in [-0.39, 0.29) is 5.97 Å². The Bertz CT molecular complexity index is 214. The van der Waals surface area contributed by atoms with Gasteiger partial charge in [0, 0.05) is 12.5 Å². The first kappa shape index (κ1) is 13.5. The highest BCUT2D eigenvalue weighted by molar-refractivity contribution is 5.69. The van der Waals surface area contributed by atoms with Crippen molar-refractivity contribution in [2.45, 2.75) is 39.2 Å². The number of ether oxygens (including phenoxy) is 3. The zero-order chi connectivity index (χ0) is 12.0. The van der Waals surface area contributed by atoms with E-state index in [1.165, 1.54) is 0 Å². The maximum absolute atomic E-state index is 11.3. The Balaban J connectivity index is 2.00. The summed E-state index contributed by atoms with van der Waals surface area (Å²) in [5, 5.41) is 0. The van der Waals surface area contributed by atoms with E-state index in [0.717, 1.165) is 19.6 Å². The van der Waals surface area contributed by atoms with Gasteiger partial charge in [0.25, 0.3) is 0 Å². The highest BCUT2D eigenvalue weighted by Gasteiger charge is 2.17. The molecule has 1 fully saturated rings. The molecule has 0 aromatic rings. The number of carbonyl (C=O) groups is 1. The van der Waals surface area contributed by atoms with Gasteiger partial charge in [0.1, 0.15) is 5.60 Å². The van der Waals surface area contributed by atoms with Gasteiger partial charge < -0.3 is 14.2 Å². The van der Waals surface area contributed by atoms with E-state index in [0.29, 0.717) is 25.6 Å². The monoisotopic (exact) mass is 230 g/mol. The Morgan fingerprint density at radius 2 is 2.19 bits per heavy atom. The predicted molar refractivity (Wildman–Crippen MR) is 60.2 cm³/mol. The zero-order valence-corrected chi connectivity index (χ0v) is 10.5. The van der Waals surface area contributed by atoms with Crippen molar-refractivity contribution in [2.75, 3.05) is 26.4 Å².